The number of aromatic nitrogens is 1. The monoisotopic (exact) mass is 303 g/mol. The lowest BCUT2D eigenvalue weighted by Crippen LogP contribution is -2.40. The van der Waals surface area contributed by atoms with Gasteiger partial charge >= 0.3 is 6.03 Å². The highest BCUT2D eigenvalue weighted by atomic mass is 16.2. The van der Waals surface area contributed by atoms with Gasteiger partial charge in [-0.1, -0.05) is 19.8 Å². The van der Waals surface area contributed by atoms with E-state index in [1.807, 2.05) is 0 Å². The third-order valence-corrected chi connectivity index (χ3v) is 5.00. The van der Waals surface area contributed by atoms with Crippen molar-refractivity contribution >= 4 is 17.7 Å². The first-order chi connectivity index (χ1) is 10.5. The van der Waals surface area contributed by atoms with Crippen molar-refractivity contribution in [3.8, 4) is 0 Å². The molecule has 22 heavy (non-hydrogen) atoms. The number of urea groups is 1. The van der Waals surface area contributed by atoms with Crippen LogP contribution in [0.25, 0.3) is 0 Å². The van der Waals surface area contributed by atoms with Gasteiger partial charge in [-0.25, -0.2) is 4.79 Å². The lowest BCUT2D eigenvalue weighted by molar-refractivity contribution is -0.129. The zero-order chi connectivity index (χ0) is 15.9. The highest BCUT2D eigenvalue weighted by Gasteiger charge is 2.49. The molecule has 0 aromatic carbocycles. The first kappa shape index (κ1) is 14.8. The quantitative estimate of drug-likeness (QED) is 0.682. The predicted octanol–water partition coefficient (Wildman–Crippen LogP) is 1.90. The minimum Gasteiger partial charge on any atom is -0.359 e. The number of amides is 3. The Morgan fingerprint density at radius 3 is 2.73 bits per heavy atom. The first-order valence-corrected chi connectivity index (χ1v) is 7.75. The maximum absolute atomic E-state index is 12.7. The molecule has 3 rings (SSSR count). The summed E-state index contributed by atoms with van der Waals surface area (Å²) in [5, 5.41) is 0. The summed E-state index contributed by atoms with van der Waals surface area (Å²) in [6.07, 6.45) is 4.81. The molecule has 2 heterocycles. The Morgan fingerprint density at radius 1 is 1.36 bits per heavy atom. The summed E-state index contributed by atoms with van der Waals surface area (Å²) in [5.41, 5.74) is 0.418. The summed E-state index contributed by atoms with van der Waals surface area (Å²) >= 11 is 0. The molecule has 0 spiro atoms. The molecule has 0 bridgehead atoms. The normalized spacial score (nSPS) is 28.7. The number of Topliss-reactive ketones (excluding diaryl/α,β-unsaturated/α-hetero) is 1. The Bertz CT molecular complexity index is 596. The molecular formula is C16H21N3O3. The number of likely N-dealkylation sites (N-methyl/N-ethyl adjacent to an activating group) is 1. The second kappa shape index (κ2) is 5.59. The number of rotatable bonds is 4. The average Bonchev–Trinajstić information content (AvgIpc) is 3.19. The highest BCUT2D eigenvalue weighted by molar-refractivity contribution is 6.08. The standard InChI is InChI=1S/C16H21N3O3/c1-10-5-3-6-11(10)14-15(21)19(16(22)18(14)2)9-13(20)12-7-4-8-17-12/h4,7-8,10-11,14,17H,3,5-6,9H2,1-2H3. The minimum absolute atomic E-state index is 0.194. The molecule has 6 nitrogen and oxygen atoms in total. The Hall–Kier alpha value is -2.11. The summed E-state index contributed by atoms with van der Waals surface area (Å²) in [6.45, 7) is 1.94. The minimum atomic E-state index is -0.415. The van der Waals surface area contributed by atoms with Gasteiger partial charge in [-0.3, -0.25) is 14.5 Å². The second-order valence-electron chi connectivity index (χ2n) is 6.34. The van der Waals surface area contributed by atoms with Crippen molar-refractivity contribution in [2.45, 2.75) is 32.2 Å². The topological polar surface area (TPSA) is 73.5 Å². The van der Waals surface area contributed by atoms with Crippen LogP contribution in [0.3, 0.4) is 0 Å². The molecule has 1 aromatic heterocycles. The van der Waals surface area contributed by atoms with Crippen LogP contribution in [0, 0.1) is 11.8 Å². The Kier molecular flexibility index (Phi) is 3.76. The number of aromatic amines is 1. The van der Waals surface area contributed by atoms with Gasteiger partial charge in [-0.2, -0.15) is 0 Å². The third kappa shape index (κ3) is 2.32. The van der Waals surface area contributed by atoms with Crippen LogP contribution >= 0.6 is 0 Å². The van der Waals surface area contributed by atoms with Gasteiger partial charge in [0.2, 0.25) is 0 Å². The molecule has 1 saturated carbocycles. The highest BCUT2D eigenvalue weighted by Crippen LogP contribution is 2.38. The molecule has 6 heteroatoms. The molecule has 1 aromatic rings. The molecule has 1 aliphatic carbocycles. The molecule has 1 aliphatic heterocycles. The van der Waals surface area contributed by atoms with Crippen molar-refractivity contribution in [1.82, 2.24) is 14.8 Å². The van der Waals surface area contributed by atoms with Crippen molar-refractivity contribution in [3.05, 3.63) is 24.0 Å². The summed E-state index contributed by atoms with van der Waals surface area (Å²) < 4.78 is 0. The van der Waals surface area contributed by atoms with E-state index in [9.17, 15) is 14.4 Å². The maximum Gasteiger partial charge on any atom is 0.327 e. The Labute approximate surface area is 129 Å². The van der Waals surface area contributed by atoms with Crippen molar-refractivity contribution in [3.63, 3.8) is 0 Å². The predicted molar refractivity (Wildman–Crippen MR) is 80.3 cm³/mol. The van der Waals surface area contributed by atoms with Crippen LogP contribution in [0.4, 0.5) is 4.79 Å². The first-order valence-electron chi connectivity index (χ1n) is 7.75. The lowest BCUT2D eigenvalue weighted by atomic mass is 9.89. The fourth-order valence-corrected chi connectivity index (χ4v) is 3.72. The second-order valence-corrected chi connectivity index (χ2v) is 6.34. The van der Waals surface area contributed by atoms with Crippen LogP contribution < -0.4 is 0 Å². The van der Waals surface area contributed by atoms with Crippen molar-refractivity contribution in [2.24, 2.45) is 11.8 Å². The summed E-state index contributed by atoms with van der Waals surface area (Å²) in [5.74, 6) is 0.154. The summed E-state index contributed by atoms with van der Waals surface area (Å²) in [6, 6.07) is 2.58. The molecule has 1 N–H and O–H groups in total. The van der Waals surface area contributed by atoms with Gasteiger partial charge in [-0.05, 0) is 30.4 Å². The smallest absolute Gasteiger partial charge is 0.327 e. The number of H-pyrrole nitrogens is 1. The SMILES string of the molecule is CC1CCCC1C1C(=O)N(CC(=O)c2ccc[nH]2)C(=O)N1C. The van der Waals surface area contributed by atoms with Crippen LogP contribution in [-0.4, -0.2) is 52.1 Å². The lowest BCUT2D eigenvalue weighted by Gasteiger charge is -2.25. The van der Waals surface area contributed by atoms with E-state index in [0.29, 0.717) is 11.6 Å². The van der Waals surface area contributed by atoms with Crippen molar-refractivity contribution in [1.29, 1.82) is 0 Å². The Balaban J connectivity index is 1.77. The van der Waals surface area contributed by atoms with E-state index in [1.54, 1.807) is 25.4 Å². The molecule has 2 aliphatic rings. The summed E-state index contributed by atoms with van der Waals surface area (Å²) in [7, 11) is 1.66. The van der Waals surface area contributed by atoms with Gasteiger partial charge in [0.1, 0.15) is 6.04 Å². The number of hydrogen-bond donors (Lipinski definition) is 1. The molecule has 3 atom stereocenters. The Morgan fingerprint density at radius 2 is 2.14 bits per heavy atom. The van der Waals surface area contributed by atoms with E-state index in [2.05, 4.69) is 11.9 Å². The molecule has 1 saturated heterocycles. The van der Waals surface area contributed by atoms with E-state index < -0.39 is 6.04 Å². The zero-order valence-corrected chi connectivity index (χ0v) is 12.9. The van der Waals surface area contributed by atoms with Gasteiger partial charge in [0.05, 0.1) is 12.2 Å². The van der Waals surface area contributed by atoms with Crippen LogP contribution in [0.15, 0.2) is 18.3 Å². The molecule has 118 valence electrons. The van der Waals surface area contributed by atoms with Crippen LogP contribution in [-0.2, 0) is 4.79 Å². The van der Waals surface area contributed by atoms with E-state index in [4.69, 9.17) is 0 Å². The molecular weight excluding hydrogens is 282 g/mol. The van der Waals surface area contributed by atoms with Crippen LogP contribution in [0.5, 0.6) is 0 Å². The average molecular weight is 303 g/mol. The van der Waals surface area contributed by atoms with E-state index in [-0.39, 0.29) is 30.2 Å². The van der Waals surface area contributed by atoms with E-state index in [1.165, 1.54) is 4.90 Å². The molecule has 3 unspecified atom stereocenters. The number of ketones is 1. The number of carbonyl (C=O) groups excluding carboxylic acids is 3. The maximum atomic E-state index is 12.7. The number of nitrogens with zero attached hydrogens (tertiary/aromatic N) is 2. The number of carbonyl (C=O) groups is 3. The van der Waals surface area contributed by atoms with Gasteiger partial charge in [0.15, 0.2) is 5.78 Å². The van der Waals surface area contributed by atoms with Crippen LogP contribution in [0.2, 0.25) is 0 Å². The van der Waals surface area contributed by atoms with E-state index >= 15 is 0 Å². The third-order valence-electron chi connectivity index (χ3n) is 5.00. The van der Waals surface area contributed by atoms with Gasteiger partial charge in [-0.15, -0.1) is 0 Å². The number of hydrogen-bond acceptors (Lipinski definition) is 3. The number of imide groups is 1. The van der Waals surface area contributed by atoms with Gasteiger partial charge in [0.25, 0.3) is 5.91 Å². The molecule has 0 radical (unpaired) electrons. The zero-order valence-electron chi connectivity index (χ0n) is 12.9. The fraction of sp³-hybridized carbons (Fsp3) is 0.562. The van der Waals surface area contributed by atoms with Crippen LogP contribution in [0.1, 0.15) is 36.7 Å². The fourth-order valence-electron chi connectivity index (χ4n) is 3.72. The van der Waals surface area contributed by atoms with Gasteiger partial charge < -0.3 is 9.88 Å². The van der Waals surface area contributed by atoms with Crippen molar-refractivity contribution < 1.29 is 14.4 Å². The summed E-state index contributed by atoms with van der Waals surface area (Å²) in [4.78, 5) is 42.6. The largest absolute Gasteiger partial charge is 0.359 e. The van der Waals surface area contributed by atoms with Crippen molar-refractivity contribution in [2.75, 3.05) is 13.6 Å². The molecule has 2 fully saturated rings. The van der Waals surface area contributed by atoms with Gasteiger partial charge in [0, 0.05) is 13.2 Å². The molecule has 3 amide bonds. The number of nitrogens with one attached hydrogen (secondary N) is 1. The van der Waals surface area contributed by atoms with E-state index in [0.717, 1.165) is 24.2 Å².